The van der Waals surface area contributed by atoms with Gasteiger partial charge < -0.3 is 4.90 Å². The van der Waals surface area contributed by atoms with Crippen LogP contribution in [-0.2, 0) is 6.42 Å². The lowest BCUT2D eigenvalue weighted by molar-refractivity contribution is 0.101. The van der Waals surface area contributed by atoms with Crippen molar-refractivity contribution in [1.82, 2.24) is 4.90 Å². The van der Waals surface area contributed by atoms with Gasteiger partial charge in [-0.15, -0.1) is 0 Å². The van der Waals surface area contributed by atoms with Crippen molar-refractivity contribution in [2.75, 3.05) is 6.54 Å². The second-order valence-electron chi connectivity index (χ2n) is 6.74. The maximum absolute atomic E-state index is 13.5. The number of benzene rings is 2. The van der Waals surface area contributed by atoms with E-state index in [4.69, 9.17) is 0 Å². The van der Waals surface area contributed by atoms with Gasteiger partial charge in [-0.25, -0.2) is 0 Å². The van der Waals surface area contributed by atoms with Gasteiger partial charge in [-0.2, -0.15) is 5.26 Å². The zero-order valence-corrected chi connectivity index (χ0v) is 15.9. The smallest absolute Gasteiger partial charge is 0.192 e. The Labute approximate surface area is 161 Å². The monoisotopic (exact) mass is 356 g/mol. The molecular formula is C24H24N2O. The van der Waals surface area contributed by atoms with E-state index in [9.17, 15) is 10.1 Å². The lowest BCUT2D eigenvalue weighted by atomic mass is 9.90. The lowest BCUT2D eigenvalue weighted by Crippen LogP contribution is -2.26. The molecule has 2 aromatic rings. The van der Waals surface area contributed by atoms with Crippen LogP contribution in [0.5, 0.6) is 0 Å². The van der Waals surface area contributed by atoms with Crippen LogP contribution in [0.4, 0.5) is 0 Å². The molecule has 0 bridgehead atoms. The predicted octanol–water partition coefficient (Wildman–Crippen LogP) is 5.23. The highest BCUT2D eigenvalue weighted by Crippen LogP contribution is 2.43. The minimum Gasteiger partial charge on any atom is -0.360 e. The van der Waals surface area contributed by atoms with Crippen LogP contribution in [0.3, 0.4) is 0 Å². The standard InChI is InChI=1S/C24H24N2O/c1-4-14-26-17(3)21(16-25)22(23(26)19-11-7-6-8-12-19)24(27)20-13-9-10-18(5-2)15-20/h6-13,15,23H,3-5,14H2,1-2H3. The maximum Gasteiger partial charge on any atom is 0.192 e. The molecule has 0 aromatic heterocycles. The number of carbonyl (C=O) groups excluding carboxylic acids is 1. The Morgan fingerprint density at radius 2 is 1.89 bits per heavy atom. The number of carbonyl (C=O) groups is 1. The van der Waals surface area contributed by atoms with Gasteiger partial charge in [0.05, 0.1) is 11.6 Å². The molecule has 3 heteroatoms. The average Bonchev–Trinajstić information content (AvgIpc) is 3.00. The highest BCUT2D eigenvalue weighted by atomic mass is 16.1. The second-order valence-corrected chi connectivity index (χ2v) is 6.74. The largest absolute Gasteiger partial charge is 0.360 e. The van der Waals surface area contributed by atoms with Crippen molar-refractivity contribution in [2.45, 2.75) is 32.7 Å². The molecule has 136 valence electrons. The van der Waals surface area contributed by atoms with E-state index in [2.05, 4.69) is 31.4 Å². The number of rotatable bonds is 6. The summed E-state index contributed by atoms with van der Waals surface area (Å²) in [5.41, 5.74) is 4.33. The van der Waals surface area contributed by atoms with Crippen LogP contribution in [0.2, 0.25) is 0 Å². The third-order valence-corrected chi connectivity index (χ3v) is 5.02. The second kappa shape index (κ2) is 8.05. The number of hydrogen-bond donors (Lipinski definition) is 0. The van der Waals surface area contributed by atoms with Gasteiger partial charge in [0.2, 0.25) is 0 Å². The van der Waals surface area contributed by atoms with E-state index >= 15 is 0 Å². The Morgan fingerprint density at radius 3 is 2.52 bits per heavy atom. The summed E-state index contributed by atoms with van der Waals surface area (Å²) in [6, 6.07) is 19.6. The van der Waals surface area contributed by atoms with E-state index in [1.165, 1.54) is 0 Å². The molecule has 0 fully saturated rings. The lowest BCUT2D eigenvalue weighted by Gasteiger charge is -2.29. The first-order valence-electron chi connectivity index (χ1n) is 9.41. The molecule has 0 N–H and O–H groups in total. The van der Waals surface area contributed by atoms with Crippen LogP contribution in [0, 0.1) is 11.3 Å². The van der Waals surface area contributed by atoms with Gasteiger partial charge in [0.25, 0.3) is 0 Å². The van der Waals surface area contributed by atoms with E-state index in [1.807, 2.05) is 54.6 Å². The summed E-state index contributed by atoms with van der Waals surface area (Å²) in [4.78, 5) is 15.6. The van der Waals surface area contributed by atoms with E-state index < -0.39 is 0 Å². The molecule has 1 aliphatic rings. The minimum absolute atomic E-state index is 0.0875. The molecule has 1 atom stereocenters. The number of nitriles is 1. The summed E-state index contributed by atoms with van der Waals surface area (Å²) in [6.45, 7) is 9.04. The number of nitrogens with zero attached hydrogens (tertiary/aromatic N) is 2. The zero-order valence-electron chi connectivity index (χ0n) is 15.9. The van der Waals surface area contributed by atoms with E-state index in [0.29, 0.717) is 22.4 Å². The fourth-order valence-corrected chi connectivity index (χ4v) is 3.68. The summed E-state index contributed by atoms with van der Waals surface area (Å²) in [6.07, 6.45) is 1.77. The van der Waals surface area contributed by atoms with Gasteiger partial charge in [-0.05, 0) is 30.0 Å². The van der Waals surface area contributed by atoms with Crippen LogP contribution < -0.4 is 0 Å². The molecule has 0 saturated heterocycles. The van der Waals surface area contributed by atoms with Crippen LogP contribution in [0.1, 0.15) is 47.8 Å². The normalized spacial score (nSPS) is 16.6. The molecule has 0 saturated carbocycles. The van der Waals surface area contributed by atoms with Crippen molar-refractivity contribution in [2.24, 2.45) is 0 Å². The third kappa shape index (κ3) is 3.44. The molecule has 0 radical (unpaired) electrons. The topological polar surface area (TPSA) is 44.1 Å². The van der Waals surface area contributed by atoms with Crippen molar-refractivity contribution < 1.29 is 4.79 Å². The van der Waals surface area contributed by atoms with Gasteiger partial charge in [0, 0.05) is 23.4 Å². The van der Waals surface area contributed by atoms with Crippen molar-refractivity contribution in [3.63, 3.8) is 0 Å². The maximum atomic E-state index is 13.5. The summed E-state index contributed by atoms with van der Waals surface area (Å²) < 4.78 is 0. The molecule has 3 rings (SSSR count). The molecule has 3 nitrogen and oxygen atoms in total. The Bertz CT molecular complexity index is 934. The molecule has 0 amide bonds. The number of allylic oxidation sites excluding steroid dienone is 1. The molecule has 1 aliphatic heterocycles. The van der Waals surface area contributed by atoms with Gasteiger partial charge in [-0.3, -0.25) is 4.79 Å². The Morgan fingerprint density at radius 1 is 1.15 bits per heavy atom. The highest BCUT2D eigenvalue weighted by Gasteiger charge is 2.39. The summed E-state index contributed by atoms with van der Waals surface area (Å²) in [5.74, 6) is -0.0875. The van der Waals surface area contributed by atoms with Crippen LogP contribution in [0.15, 0.2) is 78.0 Å². The van der Waals surface area contributed by atoms with Gasteiger partial charge in [0.1, 0.15) is 6.07 Å². The van der Waals surface area contributed by atoms with Crippen LogP contribution in [-0.4, -0.2) is 17.2 Å². The summed E-state index contributed by atoms with van der Waals surface area (Å²) in [7, 11) is 0. The first kappa shape index (κ1) is 18.7. The molecule has 1 heterocycles. The van der Waals surface area contributed by atoms with E-state index in [1.54, 1.807) is 0 Å². The first-order valence-corrected chi connectivity index (χ1v) is 9.41. The molecule has 1 unspecified atom stereocenters. The number of aryl methyl sites for hydroxylation is 1. The summed E-state index contributed by atoms with van der Waals surface area (Å²) in [5, 5.41) is 9.81. The fourth-order valence-electron chi connectivity index (χ4n) is 3.68. The zero-order chi connectivity index (χ0) is 19.4. The minimum atomic E-state index is -0.272. The van der Waals surface area contributed by atoms with Crippen molar-refractivity contribution >= 4 is 5.78 Å². The highest BCUT2D eigenvalue weighted by molar-refractivity contribution is 6.11. The van der Waals surface area contributed by atoms with Gasteiger partial charge in [0.15, 0.2) is 5.78 Å². The van der Waals surface area contributed by atoms with Crippen molar-refractivity contribution in [3.8, 4) is 6.07 Å². The van der Waals surface area contributed by atoms with E-state index in [0.717, 1.165) is 30.5 Å². The van der Waals surface area contributed by atoms with Crippen molar-refractivity contribution in [3.05, 3.63) is 94.7 Å². The van der Waals surface area contributed by atoms with Crippen LogP contribution >= 0.6 is 0 Å². The summed E-state index contributed by atoms with van der Waals surface area (Å²) >= 11 is 0. The third-order valence-electron chi connectivity index (χ3n) is 5.02. The Kier molecular flexibility index (Phi) is 5.57. The first-order chi connectivity index (χ1) is 13.1. The number of Topliss-reactive ketones (excluding diaryl/α,β-unsaturated/α-hetero) is 1. The molecule has 27 heavy (non-hydrogen) atoms. The average molecular weight is 356 g/mol. The number of ketones is 1. The van der Waals surface area contributed by atoms with Crippen molar-refractivity contribution in [1.29, 1.82) is 5.26 Å². The van der Waals surface area contributed by atoms with E-state index in [-0.39, 0.29) is 11.8 Å². The number of hydrogen-bond acceptors (Lipinski definition) is 3. The Hall–Kier alpha value is -3.12. The SMILES string of the molecule is C=C1C(C#N)=C(C(=O)c2cccc(CC)c2)C(c2ccccc2)N1CCC. The molecule has 0 aliphatic carbocycles. The molecule has 2 aromatic carbocycles. The molecular weight excluding hydrogens is 332 g/mol. The fraction of sp³-hybridized carbons (Fsp3) is 0.250. The Balaban J connectivity index is 2.15. The van der Waals surface area contributed by atoms with Crippen LogP contribution in [0.25, 0.3) is 0 Å². The predicted molar refractivity (Wildman–Crippen MR) is 108 cm³/mol. The van der Waals surface area contributed by atoms with Gasteiger partial charge in [-0.1, -0.05) is 69.0 Å². The quantitative estimate of drug-likeness (QED) is 0.666. The molecule has 0 spiro atoms. The van der Waals surface area contributed by atoms with Gasteiger partial charge >= 0.3 is 0 Å².